The summed E-state index contributed by atoms with van der Waals surface area (Å²) in [5, 5.41) is 0.765. The Morgan fingerprint density at radius 1 is 1.31 bits per heavy atom. The van der Waals surface area contributed by atoms with Crippen molar-refractivity contribution in [2.75, 3.05) is 0 Å². The number of hydrogen-bond donors (Lipinski definition) is 1. The van der Waals surface area contributed by atoms with E-state index in [2.05, 4.69) is 4.98 Å². The molecule has 0 atom stereocenters. The lowest BCUT2D eigenvalue weighted by Gasteiger charge is -1.95. The van der Waals surface area contributed by atoms with Gasteiger partial charge in [0.15, 0.2) is 11.6 Å². The van der Waals surface area contributed by atoms with Crippen molar-refractivity contribution in [2.24, 2.45) is 0 Å². The average Bonchev–Trinajstić information content (AvgIpc) is 2.55. The van der Waals surface area contributed by atoms with E-state index in [1.807, 2.05) is 6.92 Å². The lowest BCUT2D eigenvalue weighted by Crippen LogP contribution is -1.85. The van der Waals surface area contributed by atoms with Crippen molar-refractivity contribution in [1.82, 2.24) is 4.98 Å². The van der Waals surface area contributed by atoms with Gasteiger partial charge in [0.1, 0.15) is 0 Å². The van der Waals surface area contributed by atoms with E-state index in [9.17, 15) is 8.78 Å². The van der Waals surface area contributed by atoms with Crippen molar-refractivity contribution >= 4 is 10.9 Å². The Balaban J connectivity index is 2.81. The van der Waals surface area contributed by atoms with E-state index >= 15 is 0 Å². The fourth-order valence-electron chi connectivity index (χ4n) is 1.49. The van der Waals surface area contributed by atoms with Crippen LogP contribution < -0.4 is 0 Å². The highest BCUT2D eigenvalue weighted by Gasteiger charge is 2.10. The van der Waals surface area contributed by atoms with Crippen molar-refractivity contribution < 1.29 is 8.78 Å². The lowest BCUT2D eigenvalue weighted by molar-refractivity contribution is 0.515. The van der Waals surface area contributed by atoms with Crippen LogP contribution in [0.25, 0.3) is 10.9 Å². The predicted molar refractivity (Wildman–Crippen MR) is 47.6 cm³/mol. The molecule has 0 aliphatic heterocycles. The van der Waals surface area contributed by atoms with Crippen LogP contribution in [0.3, 0.4) is 0 Å². The molecule has 68 valence electrons. The summed E-state index contributed by atoms with van der Waals surface area (Å²) in [4.78, 5) is 2.73. The number of fused-ring (bicyclic) bond motifs is 1. The van der Waals surface area contributed by atoms with Crippen LogP contribution in [0.5, 0.6) is 0 Å². The van der Waals surface area contributed by atoms with Gasteiger partial charge in [0, 0.05) is 11.6 Å². The van der Waals surface area contributed by atoms with Crippen LogP contribution in [-0.2, 0) is 6.42 Å². The van der Waals surface area contributed by atoms with E-state index in [4.69, 9.17) is 0 Å². The Morgan fingerprint density at radius 3 is 2.77 bits per heavy atom. The average molecular weight is 181 g/mol. The van der Waals surface area contributed by atoms with Gasteiger partial charge in [0.2, 0.25) is 0 Å². The fraction of sp³-hybridized carbons (Fsp3) is 0.200. The first kappa shape index (κ1) is 8.23. The molecule has 1 aromatic heterocycles. The third-order valence-corrected chi connectivity index (χ3v) is 2.21. The molecule has 3 heteroatoms. The van der Waals surface area contributed by atoms with Gasteiger partial charge in [-0.1, -0.05) is 6.92 Å². The highest BCUT2D eigenvalue weighted by molar-refractivity contribution is 5.83. The van der Waals surface area contributed by atoms with Crippen molar-refractivity contribution in [1.29, 1.82) is 0 Å². The number of rotatable bonds is 1. The Morgan fingerprint density at radius 2 is 2.08 bits per heavy atom. The molecule has 1 aromatic carbocycles. The van der Waals surface area contributed by atoms with Gasteiger partial charge >= 0.3 is 0 Å². The molecule has 0 radical (unpaired) electrons. The van der Waals surface area contributed by atoms with Crippen LogP contribution in [0.15, 0.2) is 18.3 Å². The molecular formula is C10H9F2N. The highest BCUT2D eigenvalue weighted by Crippen LogP contribution is 2.22. The standard InChI is InChI=1S/C10H9F2N/c1-2-6-5-13-10-7(6)3-4-8(11)9(10)12/h3-5,13H,2H2,1H3. The minimum Gasteiger partial charge on any atom is -0.358 e. The number of nitrogens with one attached hydrogen (secondary N) is 1. The molecule has 1 nitrogen and oxygen atoms in total. The van der Waals surface area contributed by atoms with Crippen molar-refractivity contribution in [3.05, 3.63) is 35.5 Å². The number of H-pyrrole nitrogens is 1. The zero-order valence-corrected chi connectivity index (χ0v) is 7.20. The second-order valence-corrected chi connectivity index (χ2v) is 2.95. The summed E-state index contributed by atoms with van der Waals surface area (Å²) in [6.07, 6.45) is 2.53. The SMILES string of the molecule is CCc1c[nH]c2c(F)c(F)ccc12. The number of halogens is 2. The highest BCUT2D eigenvalue weighted by atomic mass is 19.2. The smallest absolute Gasteiger partial charge is 0.182 e. The molecule has 2 rings (SSSR count). The van der Waals surface area contributed by atoms with Gasteiger partial charge in [0.05, 0.1) is 5.52 Å². The molecule has 1 N–H and O–H groups in total. The minimum absolute atomic E-state index is 0.261. The van der Waals surface area contributed by atoms with Gasteiger partial charge in [-0.25, -0.2) is 8.78 Å². The number of aromatic amines is 1. The molecule has 0 amide bonds. The molecule has 2 aromatic rings. The van der Waals surface area contributed by atoms with E-state index in [1.165, 1.54) is 0 Å². The van der Waals surface area contributed by atoms with E-state index < -0.39 is 11.6 Å². The molecule has 0 bridgehead atoms. The van der Waals surface area contributed by atoms with E-state index in [1.54, 1.807) is 12.3 Å². The fourth-order valence-corrected chi connectivity index (χ4v) is 1.49. The number of benzene rings is 1. The number of hydrogen-bond acceptors (Lipinski definition) is 0. The molecule has 0 saturated heterocycles. The van der Waals surface area contributed by atoms with Crippen LogP contribution in [-0.4, -0.2) is 4.98 Å². The summed E-state index contributed by atoms with van der Waals surface area (Å²) >= 11 is 0. The Kier molecular flexibility index (Phi) is 1.79. The third-order valence-electron chi connectivity index (χ3n) is 2.21. The summed E-state index contributed by atoms with van der Waals surface area (Å²) < 4.78 is 25.9. The number of aromatic nitrogens is 1. The maximum Gasteiger partial charge on any atom is 0.182 e. The Hall–Kier alpha value is -1.38. The first-order valence-electron chi connectivity index (χ1n) is 4.18. The van der Waals surface area contributed by atoms with Crippen LogP contribution in [0.2, 0.25) is 0 Å². The van der Waals surface area contributed by atoms with Crippen molar-refractivity contribution in [3.8, 4) is 0 Å². The zero-order valence-electron chi connectivity index (χ0n) is 7.20. The predicted octanol–water partition coefficient (Wildman–Crippen LogP) is 3.01. The van der Waals surface area contributed by atoms with E-state index in [0.717, 1.165) is 23.4 Å². The second kappa shape index (κ2) is 2.83. The van der Waals surface area contributed by atoms with E-state index in [-0.39, 0.29) is 5.52 Å². The van der Waals surface area contributed by atoms with Crippen molar-refractivity contribution in [3.63, 3.8) is 0 Å². The van der Waals surface area contributed by atoms with Crippen molar-refractivity contribution in [2.45, 2.75) is 13.3 Å². The maximum absolute atomic E-state index is 13.1. The largest absolute Gasteiger partial charge is 0.358 e. The van der Waals surface area contributed by atoms with Crippen LogP contribution >= 0.6 is 0 Å². The minimum atomic E-state index is -0.808. The van der Waals surface area contributed by atoms with Gasteiger partial charge in [-0.05, 0) is 24.1 Å². The van der Waals surface area contributed by atoms with Gasteiger partial charge < -0.3 is 4.98 Å². The number of aryl methyl sites for hydroxylation is 1. The van der Waals surface area contributed by atoms with E-state index in [0.29, 0.717) is 0 Å². The van der Waals surface area contributed by atoms with Crippen LogP contribution in [0, 0.1) is 11.6 Å². The quantitative estimate of drug-likeness (QED) is 0.696. The Labute approximate surface area is 74.4 Å². The van der Waals surface area contributed by atoms with Gasteiger partial charge in [-0.3, -0.25) is 0 Å². The van der Waals surface area contributed by atoms with Crippen LogP contribution in [0.4, 0.5) is 8.78 Å². The van der Waals surface area contributed by atoms with Gasteiger partial charge in [-0.2, -0.15) is 0 Å². The molecular weight excluding hydrogens is 172 g/mol. The third kappa shape index (κ3) is 1.11. The zero-order chi connectivity index (χ0) is 9.42. The summed E-state index contributed by atoms with van der Waals surface area (Å²) in [5.41, 5.74) is 1.27. The van der Waals surface area contributed by atoms with Crippen LogP contribution in [0.1, 0.15) is 12.5 Å². The summed E-state index contributed by atoms with van der Waals surface area (Å²) in [6.45, 7) is 1.98. The summed E-state index contributed by atoms with van der Waals surface area (Å²) in [6, 6.07) is 2.76. The molecule has 0 fully saturated rings. The van der Waals surface area contributed by atoms with Gasteiger partial charge in [0.25, 0.3) is 0 Å². The molecule has 1 heterocycles. The normalized spacial score (nSPS) is 11.0. The summed E-state index contributed by atoms with van der Waals surface area (Å²) in [7, 11) is 0. The lowest BCUT2D eigenvalue weighted by atomic mass is 10.1. The molecule has 13 heavy (non-hydrogen) atoms. The first-order valence-corrected chi connectivity index (χ1v) is 4.18. The summed E-state index contributed by atoms with van der Waals surface area (Å²) in [5.74, 6) is -1.60. The Bertz CT molecular complexity index is 445. The molecule has 0 aliphatic carbocycles. The topological polar surface area (TPSA) is 15.8 Å². The second-order valence-electron chi connectivity index (χ2n) is 2.95. The monoisotopic (exact) mass is 181 g/mol. The molecule has 0 unspecified atom stereocenters. The van der Waals surface area contributed by atoms with Gasteiger partial charge in [-0.15, -0.1) is 0 Å². The molecule has 0 spiro atoms. The molecule has 0 aliphatic rings. The first-order chi connectivity index (χ1) is 6.24. The maximum atomic E-state index is 13.1. The molecule has 0 saturated carbocycles.